The lowest BCUT2D eigenvalue weighted by Gasteiger charge is -2.09. The first-order chi connectivity index (χ1) is 17.1. The van der Waals surface area contributed by atoms with Crippen molar-refractivity contribution in [2.24, 2.45) is 5.10 Å². The summed E-state index contributed by atoms with van der Waals surface area (Å²) in [5, 5.41) is 8.99. The molecule has 0 aliphatic carbocycles. The summed E-state index contributed by atoms with van der Waals surface area (Å²) in [6.07, 6.45) is 6.97. The Bertz CT molecular complexity index is 1490. The van der Waals surface area contributed by atoms with Gasteiger partial charge in [-0.3, -0.25) is 9.78 Å². The summed E-state index contributed by atoms with van der Waals surface area (Å²) in [4.78, 5) is 17.2. The zero-order valence-corrected chi connectivity index (χ0v) is 19.5. The van der Waals surface area contributed by atoms with E-state index in [-0.39, 0.29) is 5.91 Å². The van der Waals surface area contributed by atoms with Gasteiger partial charge in [0.05, 0.1) is 17.5 Å². The van der Waals surface area contributed by atoms with Gasteiger partial charge in [0.15, 0.2) is 0 Å². The fraction of sp³-hybridized carbons (Fsp3) is 0.0714. The number of hydrogen-bond acceptors (Lipinski definition) is 4. The van der Waals surface area contributed by atoms with Gasteiger partial charge in [-0.25, -0.2) is 10.1 Å². The summed E-state index contributed by atoms with van der Waals surface area (Å²) in [6.45, 7) is 3.92. The third kappa shape index (κ3) is 4.52. The van der Waals surface area contributed by atoms with Crippen LogP contribution in [0, 0.1) is 13.8 Å². The first-order valence-electron chi connectivity index (χ1n) is 11.2. The molecule has 7 heteroatoms. The number of para-hydroxylation sites is 2. The van der Waals surface area contributed by atoms with Crippen LogP contribution in [0.1, 0.15) is 27.3 Å². The molecule has 0 bridgehead atoms. The van der Waals surface area contributed by atoms with Crippen LogP contribution in [0.3, 0.4) is 0 Å². The van der Waals surface area contributed by atoms with Crippen molar-refractivity contribution in [3.8, 4) is 22.6 Å². The van der Waals surface area contributed by atoms with E-state index < -0.39 is 0 Å². The number of pyridine rings is 1. The minimum absolute atomic E-state index is 0.269. The van der Waals surface area contributed by atoms with Gasteiger partial charge in [0, 0.05) is 46.8 Å². The topological polar surface area (TPSA) is 77.1 Å². The maximum absolute atomic E-state index is 13.0. The van der Waals surface area contributed by atoms with E-state index in [0.717, 1.165) is 39.6 Å². The quantitative estimate of drug-likeness (QED) is 0.283. The van der Waals surface area contributed by atoms with E-state index in [1.807, 2.05) is 98.9 Å². The lowest BCUT2D eigenvalue weighted by molar-refractivity contribution is 0.0954. The molecular formula is C28H24N6O. The van der Waals surface area contributed by atoms with Crippen LogP contribution >= 0.6 is 0 Å². The first kappa shape index (κ1) is 22.0. The van der Waals surface area contributed by atoms with Gasteiger partial charge < -0.3 is 4.57 Å². The summed E-state index contributed by atoms with van der Waals surface area (Å²) in [6, 6.07) is 25.5. The van der Waals surface area contributed by atoms with E-state index in [2.05, 4.69) is 20.1 Å². The largest absolute Gasteiger partial charge is 0.318 e. The second-order valence-electron chi connectivity index (χ2n) is 8.11. The third-order valence-electron chi connectivity index (χ3n) is 5.76. The van der Waals surface area contributed by atoms with E-state index in [0.29, 0.717) is 5.56 Å². The minimum atomic E-state index is -0.269. The molecule has 0 aliphatic heterocycles. The molecule has 5 aromatic rings. The summed E-state index contributed by atoms with van der Waals surface area (Å²) in [5.74, 6) is -0.269. The average Bonchev–Trinajstić information content (AvgIpc) is 3.46. The highest BCUT2D eigenvalue weighted by Gasteiger charge is 2.16. The third-order valence-corrected chi connectivity index (χ3v) is 5.76. The van der Waals surface area contributed by atoms with Crippen LogP contribution in [0.4, 0.5) is 0 Å². The second-order valence-corrected chi connectivity index (χ2v) is 8.11. The Balaban J connectivity index is 1.42. The minimum Gasteiger partial charge on any atom is -0.318 e. The molecular weight excluding hydrogens is 436 g/mol. The Kier molecular flexibility index (Phi) is 6.05. The van der Waals surface area contributed by atoms with Crippen molar-refractivity contribution >= 4 is 12.1 Å². The number of hydrazone groups is 1. The monoisotopic (exact) mass is 460 g/mol. The summed E-state index contributed by atoms with van der Waals surface area (Å²) in [7, 11) is 0. The maximum Gasteiger partial charge on any atom is 0.273 e. The molecule has 3 aromatic heterocycles. The molecule has 1 N–H and O–H groups in total. The smallest absolute Gasteiger partial charge is 0.273 e. The van der Waals surface area contributed by atoms with E-state index in [1.54, 1.807) is 23.3 Å². The van der Waals surface area contributed by atoms with Crippen molar-refractivity contribution in [2.45, 2.75) is 13.8 Å². The Morgan fingerprint density at radius 2 is 1.66 bits per heavy atom. The number of carbonyl (C=O) groups excluding carboxylic acids is 1. The molecule has 0 saturated heterocycles. The first-order valence-corrected chi connectivity index (χ1v) is 11.2. The number of benzene rings is 2. The molecule has 0 atom stereocenters. The Morgan fingerprint density at radius 3 is 2.34 bits per heavy atom. The molecule has 172 valence electrons. The molecule has 3 heterocycles. The number of amides is 1. The van der Waals surface area contributed by atoms with Gasteiger partial charge in [0.2, 0.25) is 0 Å². The normalized spacial score (nSPS) is 11.1. The van der Waals surface area contributed by atoms with Crippen LogP contribution in [0.2, 0.25) is 0 Å². The average molecular weight is 461 g/mol. The number of aromatic nitrogens is 4. The highest BCUT2D eigenvalue weighted by molar-refractivity contribution is 5.97. The van der Waals surface area contributed by atoms with Gasteiger partial charge in [-0.05, 0) is 56.3 Å². The van der Waals surface area contributed by atoms with Gasteiger partial charge in [-0.15, -0.1) is 0 Å². The molecule has 1 amide bonds. The van der Waals surface area contributed by atoms with Crippen LogP contribution < -0.4 is 5.43 Å². The van der Waals surface area contributed by atoms with Crippen molar-refractivity contribution in [1.29, 1.82) is 0 Å². The number of aryl methyl sites for hydroxylation is 1. The Labute approximate surface area is 203 Å². The van der Waals surface area contributed by atoms with Crippen LogP contribution in [0.25, 0.3) is 22.6 Å². The number of carbonyl (C=O) groups is 1. The van der Waals surface area contributed by atoms with Gasteiger partial charge in [-0.2, -0.15) is 10.2 Å². The maximum atomic E-state index is 13.0. The molecule has 7 nitrogen and oxygen atoms in total. The lowest BCUT2D eigenvalue weighted by atomic mass is 10.1. The predicted molar refractivity (Wildman–Crippen MR) is 137 cm³/mol. The van der Waals surface area contributed by atoms with Crippen molar-refractivity contribution in [3.63, 3.8) is 0 Å². The van der Waals surface area contributed by atoms with Crippen molar-refractivity contribution in [2.75, 3.05) is 0 Å². The number of nitrogens with zero attached hydrogens (tertiary/aromatic N) is 5. The molecule has 0 aliphatic rings. The van der Waals surface area contributed by atoms with Crippen molar-refractivity contribution in [3.05, 3.63) is 120 Å². The van der Waals surface area contributed by atoms with Crippen LogP contribution in [-0.2, 0) is 0 Å². The van der Waals surface area contributed by atoms with Gasteiger partial charge in [-0.1, -0.05) is 36.4 Å². The zero-order valence-electron chi connectivity index (χ0n) is 19.5. The predicted octanol–water partition coefficient (Wildman–Crippen LogP) is 5.11. The molecule has 35 heavy (non-hydrogen) atoms. The SMILES string of the molecule is Cc1cc(C(=O)N/N=C\c2cn(-c3ccccc3)nc2-c2cccnc2)c(C)n1-c1ccccc1. The van der Waals surface area contributed by atoms with Gasteiger partial charge in [0.1, 0.15) is 5.69 Å². The highest BCUT2D eigenvalue weighted by Crippen LogP contribution is 2.22. The molecule has 0 radical (unpaired) electrons. The molecule has 0 saturated carbocycles. The molecule has 5 rings (SSSR count). The number of rotatable bonds is 6. The molecule has 0 spiro atoms. The zero-order chi connectivity index (χ0) is 24.2. The van der Waals surface area contributed by atoms with E-state index in [9.17, 15) is 4.79 Å². The van der Waals surface area contributed by atoms with E-state index in [4.69, 9.17) is 5.10 Å². The summed E-state index contributed by atoms with van der Waals surface area (Å²) in [5.41, 5.74) is 9.37. The van der Waals surface area contributed by atoms with Crippen molar-refractivity contribution in [1.82, 2.24) is 24.8 Å². The van der Waals surface area contributed by atoms with Gasteiger partial charge in [0.25, 0.3) is 5.91 Å². The van der Waals surface area contributed by atoms with E-state index in [1.165, 1.54) is 0 Å². The van der Waals surface area contributed by atoms with Crippen molar-refractivity contribution < 1.29 is 4.79 Å². The lowest BCUT2D eigenvalue weighted by Crippen LogP contribution is -2.18. The fourth-order valence-electron chi connectivity index (χ4n) is 4.11. The summed E-state index contributed by atoms with van der Waals surface area (Å²) >= 11 is 0. The highest BCUT2D eigenvalue weighted by atomic mass is 16.2. The molecule has 2 aromatic carbocycles. The second kappa shape index (κ2) is 9.61. The number of hydrogen-bond donors (Lipinski definition) is 1. The van der Waals surface area contributed by atoms with Crippen LogP contribution in [0.15, 0.2) is 103 Å². The number of nitrogens with one attached hydrogen (secondary N) is 1. The molecule has 0 fully saturated rings. The van der Waals surface area contributed by atoms with Crippen LogP contribution in [-0.4, -0.2) is 31.5 Å². The van der Waals surface area contributed by atoms with Crippen LogP contribution in [0.5, 0.6) is 0 Å². The van der Waals surface area contributed by atoms with E-state index >= 15 is 0 Å². The Morgan fingerprint density at radius 1 is 0.943 bits per heavy atom. The fourth-order valence-corrected chi connectivity index (χ4v) is 4.11. The Hall–Kier alpha value is -4.78. The standard InChI is InChI=1S/C28H24N6O/c1-20-16-26(21(2)34(20)25-13-7-4-8-14-25)28(35)31-30-18-23-19-33(24-11-5-3-6-12-24)32-27(23)22-10-9-15-29-17-22/h3-19H,1-2H3,(H,31,35)/b30-18-. The van der Waals surface area contributed by atoms with Gasteiger partial charge >= 0.3 is 0 Å². The summed E-state index contributed by atoms with van der Waals surface area (Å²) < 4.78 is 3.85. The molecule has 0 unspecified atom stereocenters.